The van der Waals surface area contributed by atoms with Gasteiger partial charge in [-0.05, 0) is 48.9 Å². The molecule has 1 aromatic heterocycles. The van der Waals surface area contributed by atoms with Crippen LogP contribution in [0.2, 0.25) is 5.02 Å². The SMILES string of the molecule is N#Cc1ccc(N2CCC(C(=O)NCCc3cccs3)CC2)cc1Cl. The largest absolute Gasteiger partial charge is 0.371 e. The molecule has 4 nitrogen and oxygen atoms in total. The first-order chi connectivity index (χ1) is 12.2. The van der Waals surface area contributed by atoms with Crippen LogP contribution in [0.5, 0.6) is 0 Å². The number of piperidine rings is 1. The van der Waals surface area contributed by atoms with Crippen LogP contribution in [0, 0.1) is 17.2 Å². The van der Waals surface area contributed by atoms with E-state index in [0.717, 1.165) is 38.0 Å². The molecule has 1 amide bonds. The van der Waals surface area contributed by atoms with Gasteiger partial charge < -0.3 is 10.2 Å². The quantitative estimate of drug-likeness (QED) is 0.866. The fourth-order valence-corrected chi connectivity index (χ4v) is 4.03. The second-order valence-corrected chi connectivity index (χ2v) is 7.60. The summed E-state index contributed by atoms with van der Waals surface area (Å²) in [7, 11) is 0. The molecule has 25 heavy (non-hydrogen) atoms. The highest BCUT2D eigenvalue weighted by Gasteiger charge is 2.25. The summed E-state index contributed by atoms with van der Waals surface area (Å²) in [6.45, 7) is 2.35. The van der Waals surface area contributed by atoms with Crippen molar-refractivity contribution in [1.29, 1.82) is 5.26 Å². The summed E-state index contributed by atoms with van der Waals surface area (Å²) < 4.78 is 0. The van der Waals surface area contributed by atoms with Gasteiger partial charge >= 0.3 is 0 Å². The average Bonchev–Trinajstić information content (AvgIpc) is 3.15. The third kappa shape index (κ3) is 4.53. The molecule has 0 aliphatic carbocycles. The highest BCUT2D eigenvalue weighted by Crippen LogP contribution is 2.27. The van der Waals surface area contributed by atoms with Crippen molar-refractivity contribution in [2.24, 2.45) is 5.92 Å². The lowest BCUT2D eigenvalue weighted by molar-refractivity contribution is -0.125. The van der Waals surface area contributed by atoms with E-state index in [1.54, 1.807) is 17.4 Å². The van der Waals surface area contributed by atoms with Crippen molar-refractivity contribution < 1.29 is 4.79 Å². The van der Waals surface area contributed by atoms with Crippen LogP contribution in [0.4, 0.5) is 5.69 Å². The van der Waals surface area contributed by atoms with Crippen molar-refractivity contribution in [2.75, 3.05) is 24.5 Å². The second kappa shape index (κ2) is 8.37. The predicted molar refractivity (Wildman–Crippen MR) is 102 cm³/mol. The maximum Gasteiger partial charge on any atom is 0.223 e. The number of amides is 1. The summed E-state index contributed by atoms with van der Waals surface area (Å²) in [5.74, 6) is 0.238. The molecule has 1 aromatic carbocycles. The minimum atomic E-state index is 0.0773. The molecule has 2 heterocycles. The van der Waals surface area contributed by atoms with Crippen LogP contribution in [0.15, 0.2) is 35.7 Å². The average molecular weight is 374 g/mol. The third-order valence-electron chi connectivity index (χ3n) is 4.55. The molecule has 0 atom stereocenters. The van der Waals surface area contributed by atoms with E-state index < -0.39 is 0 Å². The van der Waals surface area contributed by atoms with Crippen LogP contribution < -0.4 is 10.2 Å². The number of thiophene rings is 1. The van der Waals surface area contributed by atoms with Gasteiger partial charge in [0.1, 0.15) is 6.07 Å². The number of hydrogen-bond donors (Lipinski definition) is 1. The first-order valence-electron chi connectivity index (χ1n) is 8.42. The Labute approximate surface area is 157 Å². The number of hydrogen-bond acceptors (Lipinski definition) is 4. The smallest absolute Gasteiger partial charge is 0.223 e. The van der Waals surface area contributed by atoms with Crippen LogP contribution in [0.1, 0.15) is 23.3 Å². The standard InChI is InChI=1S/C19H20ClN3OS/c20-18-12-16(4-3-15(18)13-21)23-9-6-14(7-10-23)19(24)22-8-5-17-2-1-11-25-17/h1-4,11-12,14H,5-10H2,(H,22,24). The molecule has 1 N–H and O–H groups in total. The molecule has 130 valence electrons. The highest BCUT2D eigenvalue weighted by molar-refractivity contribution is 7.09. The predicted octanol–water partition coefficient (Wildman–Crippen LogP) is 3.85. The Balaban J connectivity index is 1.47. The topological polar surface area (TPSA) is 56.1 Å². The zero-order chi connectivity index (χ0) is 17.6. The van der Waals surface area contributed by atoms with Gasteiger partial charge in [-0.25, -0.2) is 0 Å². The normalized spacial score (nSPS) is 15.0. The molecular formula is C19H20ClN3OS. The fourth-order valence-electron chi connectivity index (χ4n) is 3.10. The maximum atomic E-state index is 12.3. The summed E-state index contributed by atoms with van der Waals surface area (Å²) >= 11 is 7.84. The molecule has 2 aromatic rings. The van der Waals surface area contributed by atoms with Gasteiger partial charge in [0.15, 0.2) is 0 Å². The van der Waals surface area contributed by atoms with Crippen molar-refractivity contribution in [3.63, 3.8) is 0 Å². The van der Waals surface area contributed by atoms with E-state index in [2.05, 4.69) is 27.7 Å². The van der Waals surface area contributed by atoms with Gasteiger partial charge in [-0.3, -0.25) is 4.79 Å². The minimum absolute atomic E-state index is 0.0773. The van der Waals surface area contributed by atoms with Gasteiger partial charge in [0.2, 0.25) is 5.91 Å². The van der Waals surface area contributed by atoms with Crippen molar-refractivity contribution in [3.8, 4) is 6.07 Å². The fraction of sp³-hybridized carbons (Fsp3) is 0.368. The molecule has 0 unspecified atom stereocenters. The second-order valence-electron chi connectivity index (χ2n) is 6.16. The number of nitrogens with zero attached hydrogens (tertiary/aromatic N) is 2. The number of rotatable bonds is 5. The lowest BCUT2D eigenvalue weighted by Gasteiger charge is -2.33. The number of halogens is 1. The molecule has 0 radical (unpaired) electrons. The molecule has 0 saturated carbocycles. The lowest BCUT2D eigenvalue weighted by atomic mass is 9.95. The van der Waals surface area contributed by atoms with Crippen LogP contribution in [-0.2, 0) is 11.2 Å². The van der Waals surface area contributed by atoms with Gasteiger partial charge in [-0.1, -0.05) is 17.7 Å². The highest BCUT2D eigenvalue weighted by atomic mass is 35.5. The zero-order valence-corrected chi connectivity index (χ0v) is 15.4. The zero-order valence-electron chi connectivity index (χ0n) is 13.9. The molecule has 1 aliphatic heterocycles. The van der Waals surface area contributed by atoms with Crippen LogP contribution in [0.3, 0.4) is 0 Å². The maximum absolute atomic E-state index is 12.3. The number of anilines is 1. The molecule has 6 heteroatoms. The van der Waals surface area contributed by atoms with Crippen molar-refractivity contribution in [3.05, 3.63) is 51.2 Å². The Morgan fingerprint density at radius 2 is 2.16 bits per heavy atom. The summed E-state index contributed by atoms with van der Waals surface area (Å²) in [5.41, 5.74) is 1.51. The monoisotopic (exact) mass is 373 g/mol. The summed E-state index contributed by atoms with van der Waals surface area (Å²) in [6, 6.07) is 11.7. The first-order valence-corrected chi connectivity index (χ1v) is 9.68. The number of nitriles is 1. The van der Waals surface area contributed by atoms with Crippen LogP contribution >= 0.6 is 22.9 Å². The Hall–Kier alpha value is -2.03. The Kier molecular flexibility index (Phi) is 5.95. The molecule has 0 spiro atoms. The number of nitrogens with one attached hydrogen (secondary N) is 1. The van der Waals surface area contributed by atoms with E-state index in [0.29, 0.717) is 17.1 Å². The molecular weight excluding hydrogens is 354 g/mol. The molecule has 1 saturated heterocycles. The van der Waals surface area contributed by atoms with E-state index in [-0.39, 0.29) is 11.8 Å². The molecule has 3 rings (SSSR count). The number of carbonyl (C=O) groups is 1. The van der Waals surface area contributed by atoms with Crippen LogP contribution in [-0.4, -0.2) is 25.5 Å². The van der Waals surface area contributed by atoms with E-state index in [1.165, 1.54) is 4.88 Å². The van der Waals surface area contributed by atoms with Gasteiger partial charge in [0.25, 0.3) is 0 Å². The Morgan fingerprint density at radius 3 is 2.80 bits per heavy atom. The van der Waals surface area contributed by atoms with Crippen molar-refractivity contribution in [2.45, 2.75) is 19.3 Å². The van der Waals surface area contributed by atoms with Gasteiger partial charge in [0.05, 0.1) is 10.6 Å². The third-order valence-corrected chi connectivity index (χ3v) is 5.80. The van der Waals surface area contributed by atoms with Crippen molar-refractivity contribution >= 4 is 34.5 Å². The van der Waals surface area contributed by atoms with Gasteiger partial charge in [-0.2, -0.15) is 5.26 Å². The summed E-state index contributed by atoms with van der Waals surface area (Å²) in [6.07, 6.45) is 2.57. The Bertz CT molecular complexity index is 761. The molecule has 1 fully saturated rings. The summed E-state index contributed by atoms with van der Waals surface area (Å²) in [5, 5.41) is 14.6. The molecule has 0 bridgehead atoms. The van der Waals surface area contributed by atoms with Crippen LogP contribution in [0.25, 0.3) is 0 Å². The van der Waals surface area contributed by atoms with E-state index in [4.69, 9.17) is 16.9 Å². The number of carbonyl (C=O) groups excluding carboxylic acids is 1. The minimum Gasteiger partial charge on any atom is -0.371 e. The Morgan fingerprint density at radius 1 is 1.36 bits per heavy atom. The van der Waals surface area contributed by atoms with E-state index in [9.17, 15) is 4.79 Å². The molecule has 1 aliphatic rings. The van der Waals surface area contributed by atoms with Crippen molar-refractivity contribution in [1.82, 2.24) is 5.32 Å². The van der Waals surface area contributed by atoms with Gasteiger partial charge in [0, 0.05) is 36.1 Å². The first kappa shape index (κ1) is 17.8. The van der Waals surface area contributed by atoms with Gasteiger partial charge in [-0.15, -0.1) is 11.3 Å². The number of benzene rings is 1. The lowest BCUT2D eigenvalue weighted by Crippen LogP contribution is -2.41. The summed E-state index contributed by atoms with van der Waals surface area (Å²) in [4.78, 5) is 15.8. The van der Waals surface area contributed by atoms with E-state index >= 15 is 0 Å². The van der Waals surface area contributed by atoms with E-state index in [1.807, 2.05) is 18.2 Å².